The fraction of sp³-hybridized carbons (Fsp3) is 0.500. The second-order valence-electron chi connectivity index (χ2n) is 11.7. The van der Waals surface area contributed by atoms with Gasteiger partial charge in [-0.05, 0) is 99.7 Å². The third-order valence-corrected chi connectivity index (χ3v) is 8.29. The Labute approximate surface area is 219 Å². The Balaban J connectivity index is 1.51. The summed E-state index contributed by atoms with van der Waals surface area (Å²) in [5.41, 5.74) is 3.28. The number of hydrogen-bond donors (Lipinski definition) is 1. The molecule has 4 atom stereocenters. The minimum Gasteiger partial charge on any atom is -0.490 e. The van der Waals surface area contributed by atoms with E-state index in [1.807, 2.05) is 39.0 Å². The summed E-state index contributed by atoms with van der Waals surface area (Å²) in [7, 11) is 0. The number of ether oxygens (including phenoxy) is 2. The zero-order valence-corrected chi connectivity index (χ0v) is 22.2. The lowest BCUT2D eigenvalue weighted by Gasteiger charge is -2.43. The zero-order valence-electron chi connectivity index (χ0n) is 21.4. The third-order valence-electron chi connectivity index (χ3n) is 8.05. The van der Waals surface area contributed by atoms with Crippen LogP contribution in [0.25, 0.3) is 0 Å². The summed E-state index contributed by atoms with van der Waals surface area (Å²) in [5.74, 6) is 0.988. The van der Waals surface area contributed by atoms with Gasteiger partial charge in [-0.1, -0.05) is 23.7 Å². The highest BCUT2D eigenvalue weighted by Crippen LogP contribution is 2.47. The maximum atomic E-state index is 12.9. The minimum atomic E-state index is -0.571. The SMILES string of the molecule is C=C[C@H](O)[C@@H]1CC[C@H]1CN1C[C@@]2(CCc3cc(Cl)ccc32)COc2ccc(C(=O)OC(C)(C)C)cc21. The van der Waals surface area contributed by atoms with Gasteiger partial charge in [0.1, 0.15) is 11.4 Å². The molecule has 2 aromatic carbocycles. The van der Waals surface area contributed by atoms with Crippen LogP contribution in [0.15, 0.2) is 49.1 Å². The van der Waals surface area contributed by atoms with Crippen LogP contribution in [0, 0.1) is 11.8 Å². The van der Waals surface area contributed by atoms with Crippen LogP contribution >= 0.6 is 11.6 Å². The zero-order chi connectivity index (χ0) is 25.7. The van der Waals surface area contributed by atoms with E-state index in [1.165, 1.54) is 11.1 Å². The van der Waals surface area contributed by atoms with Gasteiger partial charge in [0.2, 0.25) is 0 Å². The summed E-state index contributed by atoms with van der Waals surface area (Å²) in [6, 6.07) is 11.8. The number of hydrogen-bond acceptors (Lipinski definition) is 5. The molecule has 0 amide bonds. The number of anilines is 1. The smallest absolute Gasteiger partial charge is 0.338 e. The monoisotopic (exact) mass is 509 g/mol. The average molecular weight is 510 g/mol. The van der Waals surface area contributed by atoms with Gasteiger partial charge < -0.3 is 19.5 Å². The lowest BCUT2D eigenvalue weighted by atomic mass is 9.70. The number of carbonyl (C=O) groups is 1. The highest BCUT2D eigenvalue weighted by molar-refractivity contribution is 6.30. The fourth-order valence-electron chi connectivity index (χ4n) is 6.06. The molecule has 0 radical (unpaired) electrons. The Morgan fingerprint density at radius 1 is 1.31 bits per heavy atom. The number of nitrogens with zero attached hydrogens (tertiary/aromatic N) is 1. The quantitative estimate of drug-likeness (QED) is 0.398. The number of benzene rings is 2. The van der Waals surface area contributed by atoms with Crippen LogP contribution in [0.1, 0.15) is 61.5 Å². The molecule has 1 saturated carbocycles. The van der Waals surface area contributed by atoms with Crippen molar-refractivity contribution in [1.29, 1.82) is 0 Å². The van der Waals surface area contributed by atoms with E-state index in [4.69, 9.17) is 21.1 Å². The Bertz CT molecular complexity index is 1170. The predicted octanol–water partition coefficient (Wildman–Crippen LogP) is 5.95. The van der Waals surface area contributed by atoms with Gasteiger partial charge in [0.05, 0.1) is 24.0 Å². The van der Waals surface area contributed by atoms with Crippen molar-refractivity contribution in [1.82, 2.24) is 0 Å². The van der Waals surface area contributed by atoms with Crippen LogP contribution in [0.4, 0.5) is 5.69 Å². The molecule has 0 aromatic heterocycles. The minimum absolute atomic E-state index is 0.165. The highest BCUT2D eigenvalue weighted by atomic mass is 35.5. The van der Waals surface area contributed by atoms with Crippen LogP contribution in [-0.4, -0.2) is 42.5 Å². The van der Waals surface area contributed by atoms with Gasteiger partial charge in [-0.3, -0.25) is 0 Å². The van der Waals surface area contributed by atoms with Crippen molar-refractivity contribution in [3.05, 3.63) is 70.8 Å². The van der Waals surface area contributed by atoms with Gasteiger partial charge in [0.25, 0.3) is 0 Å². The molecule has 192 valence electrons. The van der Waals surface area contributed by atoms with E-state index in [0.717, 1.165) is 55.2 Å². The normalized spacial score (nSPS) is 25.8. The number of rotatable bonds is 5. The van der Waals surface area contributed by atoms with Gasteiger partial charge in [-0.25, -0.2) is 4.79 Å². The first-order valence-corrected chi connectivity index (χ1v) is 13.3. The molecule has 2 aliphatic carbocycles. The average Bonchev–Trinajstić information content (AvgIpc) is 3.06. The topological polar surface area (TPSA) is 59.0 Å². The molecule has 36 heavy (non-hydrogen) atoms. The second-order valence-corrected chi connectivity index (χ2v) is 12.1. The van der Waals surface area contributed by atoms with E-state index >= 15 is 0 Å². The summed E-state index contributed by atoms with van der Waals surface area (Å²) < 4.78 is 12.1. The summed E-state index contributed by atoms with van der Waals surface area (Å²) in [5, 5.41) is 11.2. The van der Waals surface area contributed by atoms with Crippen LogP contribution in [0.2, 0.25) is 5.02 Å². The third kappa shape index (κ3) is 4.76. The van der Waals surface area contributed by atoms with Crippen LogP contribution in [0.5, 0.6) is 5.75 Å². The summed E-state index contributed by atoms with van der Waals surface area (Å²) in [6.07, 6.45) is 5.16. The molecule has 1 fully saturated rings. The Morgan fingerprint density at radius 3 is 2.81 bits per heavy atom. The maximum Gasteiger partial charge on any atom is 0.338 e. The maximum absolute atomic E-state index is 12.9. The molecular formula is C30H36ClNO4. The number of carbonyl (C=O) groups excluding carboxylic acids is 1. The molecule has 1 spiro atoms. The molecular weight excluding hydrogens is 474 g/mol. The predicted molar refractivity (Wildman–Crippen MR) is 143 cm³/mol. The standard InChI is InChI=1S/C30H36ClNO4/c1-5-26(33)23-9-6-21(23)16-32-17-30(13-12-19-14-22(31)8-10-24(19)30)18-35-27-11-7-20(15-25(27)32)28(34)36-29(2,3)4/h5,7-8,10-11,14-15,21,23,26,33H,1,6,9,12-13,16-18H2,2-4H3/t21-,23+,26-,30-/m0/s1. The van der Waals surface area contributed by atoms with E-state index in [1.54, 1.807) is 12.1 Å². The van der Waals surface area contributed by atoms with Gasteiger partial charge in [-0.2, -0.15) is 0 Å². The first kappa shape index (κ1) is 25.2. The highest BCUT2D eigenvalue weighted by Gasteiger charge is 2.45. The number of fused-ring (bicyclic) bond motifs is 3. The van der Waals surface area contributed by atoms with Crippen molar-refractivity contribution in [3.8, 4) is 5.75 Å². The van der Waals surface area contributed by atoms with E-state index < -0.39 is 11.7 Å². The van der Waals surface area contributed by atoms with Crippen LogP contribution in [0.3, 0.4) is 0 Å². The summed E-state index contributed by atoms with van der Waals surface area (Å²) in [4.78, 5) is 15.3. The number of halogens is 1. The van der Waals surface area contributed by atoms with Crippen molar-refractivity contribution in [2.24, 2.45) is 11.8 Å². The number of esters is 1. The van der Waals surface area contributed by atoms with Crippen molar-refractivity contribution < 1.29 is 19.4 Å². The van der Waals surface area contributed by atoms with Gasteiger partial charge >= 0.3 is 5.97 Å². The largest absolute Gasteiger partial charge is 0.490 e. The van der Waals surface area contributed by atoms with Gasteiger partial charge in [-0.15, -0.1) is 6.58 Å². The van der Waals surface area contributed by atoms with E-state index in [-0.39, 0.29) is 17.3 Å². The summed E-state index contributed by atoms with van der Waals surface area (Å²) in [6.45, 7) is 11.6. The van der Waals surface area contributed by atoms with Crippen molar-refractivity contribution in [3.63, 3.8) is 0 Å². The number of aliphatic hydroxyl groups is 1. The second kappa shape index (κ2) is 9.42. The van der Waals surface area contributed by atoms with Crippen LogP contribution < -0.4 is 9.64 Å². The molecule has 6 heteroatoms. The first-order chi connectivity index (χ1) is 17.1. The fourth-order valence-corrected chi connectivity index (χ4v) is 6.26. The molecule has 2 aromatic rings. The molecule has 0 unspecified atom stereocenters. The molecule has 1 N–H and O–H groups in total. The Kier molecular flexibility index (Phi) is 6.59. The molecule has 0 saturated heterocycles. The molecule has 5 rings (SSSR count). The van der Waals surface area contributed by atoms with Crippen molar-refractivity contribution >= 4 is 23.3 Å². The molecule has 0 bridgehead atoms. The summed E-state index contributed by atoms with van der Waals surface area (Å²) >= 11 is 6.31. The lowest BCUT2D eigenvalue weighted by molar-refractivity contribution is 0.00695. The van der Waals surface area contributed by atoms with Crippen LogP contribution in [-0.2, 0) is 16.6 Å². The van der Waals surface area contributed by atoms with Gasteiger partial charge in [0.15, 0.2) is 0 Å². The van der Waals surface area contributed by atoms with Crippen molar-refractivity contribution in [2.45, 2.75) is 63.6 Å². The molecule has 1 aliphatic heterocycles. The Hall–Kier alpha value is -2.50. The van der Waals surface area contributed by atoms with Crippen molar-refractivity contribution in [2.75, 3.05) is 24.6 Å². The first-order valence-electron chi connectivity index (χ1n) is 12.9. The Morgan fingerprint density at radius 2 is 2.11 bits per heavy atom. The van der Waals surface area contributed by atoms with E-state index in [9.17, 15) is 9.90 Å². The molecule has 5 nitrogen and oxygen atoms in total. The molecule has 1 heterocycles. The molecule has 3 aliphatic rings. The van der Waals surface area contributed by atoms with E-state index in [0.29, 0.717) is 18.1 Å². The van der Waals surface area contributed by atoms with Gasteiger partial charge in [0, 0.05) is 23.5 Å². The number of aliphatic hydroxyl groups excluding tert-OH is 1. The lowest BCUT2D eigenvalue weighted by Crippen LogP contribution is -2.47. The number of aryl methyl sites for hydroxylation is 1. The van der Waals surface area contributed by atoms with E-state index in [2.05, 4.69) is 23.6 Å².